The molecule has 0 aromatic heterocycles. The SMILES string of the molecule is CC(=O)N(CC(=O)NCCC(C)C)C1CCCCCC1. The number of hydrogen-bond donors (Lipinski definition) is 1. The highest BCUT2D eigenvalue weighted by atomic mass is 16.2. The molecule has 1 fully saturated rings. The molecule has 2 amide bonds. The van der Waals surface area contributed by atoms with Crippen LogP contribution in [0.4, 0.5) is 0 Å². The van der Waals surface area contributed by atoms with Crippen LogP contribution in [-0.4, -0.2) is 35.8 Å². The second kappa shape index (κ2) is 8.98. The minimum Gasteiger partial charge on any atom is -0.355 e. The first-order chi connectivity index (χ1) is 9.50. The highest BCUT2D eigenvalue weighted by Gasteiger charge is 2.24. The van der Waals surface area contributed by atoms with E-state index in [0.717, 1.165) is 19.3 Å². The van der Waals surface area contributed by atoms with E-state index in [-0.39, 0.29) is 24.4 Å². The van der Waals surface area contributed by atoms with E-state index in [4.69, 9.17) is 0 Å². The van der Waals surface area contributed by atoms with Crippen molar-refractivity contribution >= 4 is 11.8 Å². The predicted molar refractivity (Wildman–Crippen MR) is 81.3 cm³/mol. The predicted octanol–water partition coefficient (Wildman–Crippen LogP) is 2.72. The smallest absolute Gasteiger partial charge is 0.239 e. The third-order valence-electron chi connectivity index (χ3n) is 4.03. The minimum absolute atomic E-state index is 0.0231. The van der Waals surface area contributed by atoms with Crippen LogP contribution in [-0.2, 0) is 9.59 Å². The van der Waals surface area contributed by atoms with Crippen LogP contribution in [0.15, 0.2) is 0 Å². The Balaban J connectivity index is 2.45. The van der Waals surface area contributed by atoms with Crippen molar-refractivity contribution in [2.24, 2.45) is 5.92 Å². The molecule has 0 spiro atoms. The monoisotopic (exact) mass is 282 g/mol. The number of nitrogens with zero attached hydrogens (tertiary/aromatic N) is 1. The van der Waals surface area contributed by atoms with Gasteiger partial charge in [-0.25, -0.2) is 0 Å². The molecule has 0 saturated heterocycles. The lowest BCUT2D eigenvalue weighted by Crippen LogP contribution is -2.45. The highest BCUT2D eigenvalue weighted by molar-refractivity contribution is 5.83. The molecular weight excluding hydrogens is 252 g/mol. The fourth-order valence-electron chi connectivity index (χ4n) is 2.78. The summed E-state index contributed by atoms with van der Waals surface area (Å²) in [7, 11) is 0. The van der Waals surface area contributed by atoms with Crippen molar-refractivity contribution in [3.05, 3.63) is 0 Å². The maximum atomic E-state index is 12.0. The van der Waals surface area contributed by atoms with E-state index < -0.39 is 0 Å². The normalized spacial score (nSPS) is 16.8. The average molecular weight is 282 g/mol. The van der Waals surface area contributed by atoms with Crippen LogP contribution >= 0.6 is 0 Å². The van der Waals surface area contributed by atoms with Gasteiger partial charge in [-0.1, -0.05) is 39.5 Å². The van der Waals surface area contributed by atoms with Crippen LogP contribution in [0, 0.1) is 5.92 Å². The van der Waals surface area contributed by atoms with E-state index in [2.05, 4.69) is 19.2 Å². The molecule has 0 atom stereocenters. The van der Waals surface area contributed by atoms with Gasteiger partial charge in [0.2, 0.25) is 11.8 Å². The van der Waals surface area contributed by atoms with Crippen LogP contribution in [0.1, 0.15) is 65.7 Å². The quantitative estimate of drug-likeness (QED) is 0.762. The van der Waals surface area contributed by atoms with E-state index in [0.29, 0.717) is 12.5 Å². The van der Waals surface area contributed by atoms with Crippen molar-refractivity contribution in [1.82, 2.24) is 10.2 Å². The molecule has 4 nitrogen and oxygen atoms in total. The van der Waals surface area contributed by atoms with Crippen molar-refractivity contribution in [3.63, 3.8) is 0 Å². The zero-order valence-electron chi connectivity index (χ0n) is 13.3. The Hall–Kier alpha value is -1.06. The molecular formula is C16H30N2O2. The molecule has 116 valence electrons. The van der Waals surface area contributed by atoms with Gasteiger partial charge in [0.05, 0.1) is 6.54 Å². The second-order valence-electron chi connectivity index (χ2n) is 6.32. The van der Waals surface area contributed by atoms with Crippen LogP contribution < -0.4 is 5.32 Å². The third kappa shape index (κ3) is 6.40. The summed E-state index contributed by atoms with van der Waals surface area (Å²) in [6.07, 6.45) is 7.91. The van der Waals surface area contributed by atoms with Gasteiger partial charge in [0, 0.05) is 19.5 Å². The van der Waals surface area contributed by atoms with Gasteiger partial charge in [0.1, 0.15) is 0 Å². The first kappa shape index (κ1) is 17.0. The second-order valence-corrected chi connectivity index (χ2v) is 6.32. The van der Waals surface area contributed by atoms with E-state index >= 15 is 0 Å². The molecule has 1 saturated carbocycles. The highest BCUT2D eigenvalue weighted by Crippen LogP contribution is 2.21. The Morgan fingerprint density at radius 3 is 2.25 bits per heavy atom. The van der Waals surface area contributed by atoms with Crippen molar-refractivity contribution < 1.29 is 9.59 Å². The summed E-state index contributed by atoms with van der Waals surface area (Å²) in [5, 5.41) is 2.92. The van der Waals surface area contributed by atoms with E-state index in [1.54, 1.807) is 11.8 Å². The lowest BCUT2D eigenvalue weighted by atomic mass is 10.1. The number of carbonyl (C=O) groups excluding carboxylic acids is 2. The Kier molecular flexibility index (Phi) is 7.63. The Morgan fingerprint density at radius 2 is 1.75 bits per heavy atom. The lowest BCUT2D eigenvalue weighted by Gasteiger charge is -2.29. The molecule has 1 aliphatic carbocycles. The number of carbonyl (C=O) groups is 2. The number of amides is 2. The van der Waals surface area contributed by atoms with Gasteiger partial charge in [-0.15, -0.1) is 0 Å². The molecule has 1 rings (SSSR count). The van der Waals surface area contributed by atoms with Gasteiger partial charge in [-0.2, -0.15) is 0 Å². The maximum absolute atomic E-state index is 12.0. The zero-order valence-corrected chi connectivity index (χ0v) is 13.3. The summed E-state index contributed by atoms with van der Waals surface area (Å²) in [5.41, 5.74) is 0. The van der Waals surface area contributed by atoms with Crippen LogP contribution in [0.25, 0.3) is 0 Å². The molecule has 0 radical (unpaired) electrons. The molecule has 0 aromatic carbocycles. The van der Waals surface area contributed by atoms with Crippen LogP contribution in [0.5, 0.6) is 0 Å². The summed E-state index contributed by atoms with van der Waals surface area (Å²) < 4.78 is 0. The van der Waals surface area contributed by atoms with Crippen LogP contribution in [0.3, 0.4) is 0 Å². The molecule has 1 aliphatic rings. The van der Waals surface area contributed by atoms with Crippen molar-refractivity contribution in [1.29, 1.82) is 0 Å². The minimum atomic E-state index is -0.0231. The first-order valence-corrected chi connectivity index (χ1v) is 8.04. The molecule has 0 heterocycles. The van der Waals surface area contributed by atoms with Crippen molar-refractivity contribution in [3.8, 4) is 0 Å². The van der Waals surface area contributed by atoms with E-state index in [1.165, 1.54) is 25.7 Å². The first-order valence-electron chi connectivity index (χ1n) is 8.04. The van der Waals surface area contributed by atoms with Crippen molar-refractivity contribution in [2.45, 2.75) is 71.8 Å². The molecule has 0 bridgehead atoms. The van der Waals surface area contributed by atoms with Gasteiger partial charge in [-0.3, -0.25) is 9.59 Å². The van der Waals surface area contributed by atoms with Crippen molar-refractivity contribution in [2.75, 3.05) is 13.1 Å². The van der Waals surface area contributed by atoms with Gasteiger partial charge in [0.25, 0.3) is 0 Å². The zero-order chi connectivity index (χ0) is 15.0. The number of hydrogen-bond acceptors (Lipinski definition) is 2. The molecule has 20 heavy (non-hydrogen) atoms. The fraction of sp³-hybridized carbons (Fsp3) is 0.875. The topological polar surface area (TPSA) is 49.4 Å². The lowest BCUT2D eigenvalue weighted by molar-refractivity contribution is -0.136. The molecule has 4 heteroatoms. The molecule has 0 unspecified atom stereocenters. The molecule has 0 aliphatic heterocycles. The van der Waals surface area contributed by atoms with Gasteiger partial charge >= 0.3 is 0 Å². The number of nitrogens with one attached hydrogen (secondary N) is 1. The van der Waals surface area contributed by atoms with E-state index in [9.17, 15) is 9.59 Å². The average Bonchev–Trinajstić information content (AvgIpc) is 2.63. The largest absolute Gasteiger partial charge is 0.355 e. The fourth-order valence-corrected chi connectivity index (χ4v) is 2.78. The summed E-state index contributed by atoms with van der Waals surface area (Å²) in [5.74, 6) is 0.585. The summed E-state index contributed by atoms with van der Waals surface area (Å²) in [6, 6.07) is 0.255. The Labute approximate surface area is 123 Å². The maximum Gasteiger partial charge on any atom is 0.239 e. The number of rotatable bonds is 6. The third-order valence-corrected chi connectivity index (χ3v) is 4.03. The van der Waals surface area contributed by atoms with E-state index in [1.807, 2.05) is 0 Å². The molecule has 1 N–H and O–H groups in total. The van der Waals surface area contributed by atoms with Crippen LogP contribution in [0.2, 0.25) is 0 Å². The van der Waals surface area contributed by atoms with Gasteiger partial charge in [0.15, 0.2) is 0 Å². The van der Waals surface area contributed by atoms with Gasteiger partial charge in [-0.05, 0) is 25.2 Å². The standard InChI is InChI=1S/C16H30N2O2/c1-13(2)10-11-17-16(20)12-18(14(3)19)15-8-6-4-5-7-9-15/h13,15H,4-12H2,1-3H3,(H,17,20). The Morgan fingerprint density at radius 1 is 1.15 bits per heavy atom. The summed E-state index contributed by atoms with van der Waals surface area (Å²) in [4.78, 5) is 25.6. The Bertz CT molecular complexity index is 308. The molecule has 0 aromatic rings. The summed E-state index contributed by atoms with van der Waals surface area (Å²) >= 11 is 0. The summed E-state index contributed by atoms with van der Waals surface area (Å²) in [6.45, 7) is 6.77. The van der Waals surface area contributed by atoms with Gasteiger partial charge < -0.3 is 10.2 Å².